The van der Waals surface area contributed by atoms with E-state index in [1.54, 1.807) is 18.7 Å². The minimum atomic E-state index is -0.432. The molecule has 1 N–H and O–H groups in total. The number of thiophene rings is 1. The van der Waals surface area contributed by atoms with E-state index in [0.717, 1.165) is 10.6 Å². The summed E-state index contributed by atoms with van der Waals surface area (Å²) in [6.07, 6.45) is 2.62. The Morgan fingerprint density at radius 2 is 2.30 bits per heavy atom. The molecule has 6 nitrogen and oxygen atoms in total. The van der Waals surface area contributed by atoms with Crippen molar-refractivity contribution in [2.75, 3.05) is 12.0 Å². The standard InChI is InChI=1S/C15H17N3O3S2/c1-9-11(16-13(21-9)12-4-3-6-23-12)8-18-14(19)10(5-7-22-2)17-15(18)20/h3-4,6,10H,5,7-8H2,1-2H3,(H,17,20). The van der Waals surface area contributed by atoms with Gasteiger partial charge in [-0.25, -0.2) is 9.78 Å². The number of rotatable bonds is 6. The number of urea groups is 1. The Kier molecular flexibility index (Phi) is 4.72. The number of thioether (sulfide) groups is 1. The van der Waals surface area contributed by atoms with Crippen LogP contribution in [0.1, 0.15) is 17.9 Å². The zero-order valence-electron chi connectivity index (χ0n) is 12.9. The van der Waals surface area contributed by atoms with Gasteiger partial charge < -0.3 is 9.73 Å². The first-order valence-corrected chi connectivity index (χ1v) is 9.48. The Hall–Kier alpha value is -1.80. The molecule has 1 saturated heterocycles. The fraction of sp³-hybridized carbons (Fsp3) is 0.400. The first kappa shape index (κ1) is 16.1. The molecule has 8 heteroatoms. The number of aromatic nitrogens is 1. The third-order valence-electron chi connectivity index (χ3n) is 3.65. The third kappa shape index (κ3) is 3.28. The van der Waals surface area contributed by atoms with Gasteiger partial charge >= 0.3 is 6.03 Å². The van der Waals surface area contributed by atoms with Crippen molar-refractivity contribution in [3.8, 4) is 10.8 Å². The molecule has 0 radical (unpaired) electrons. The summed E-state index contributed by atoms with van der Waals surface area (Å²) in [5.41, 5.74) is 0.613. The first-order chi connectivity index (χ1) is 11.1. The van der Waals surface area contributed by atoms with Gasteiger partial charge in [-0.05, 0) is 36.8 Å². The SMILES string of the molecule is CSCCC1NC(=O)N(Cc2nc(-c3cccs3)oc2C)C1=O. The summed E-state index contributed by atoms with van der Waals surface area (Å²) < 4.78 is 5.66. The van der Waals surface area contributed by atoms with Crippen LogP contribution in [-0.2, 0) is 11.3 Å². The van der Waals surface area contributed by atoms with Crippen LogP contribution in [0.2, 0.25) is 0 Å². The number of hydrogen-bond acceptors (Lipinski definition) is 6. The second-order valence-corrected chi connectivity index (χ2v) is 7.14. The molecule has 0 aliphatic carbocycles. The fourth-order valence-electron chi connectivity index (χ4n) is 2.39. The van der Waals surface area contributed by atoms with Gasteiger partial charge in [-0.2, -0.15) is 11.8 Å². The molecule has 0 aromatic carbocycles. The fourth-order valence-corrected chi connectivity index (χ4v) is 3.51. The molecule has 0 saturated carbocycles. The van der Waals surface area contributed by atoms with Crippen LogP contribution in [0.4, 0.5) is 4.79 Å². The van der Waals surface area contributed by atoms with Crippen LogP contribution >= 0.6 is 23.1 Å². The van der Waals surface area contributed by atoms with Gasteiger partial charge in [0.25, 0.3) is 5.91 Å². The number of hydrogen-bond donors (Lipinski definition) is 1. The van der Waals surface area contributed by atoms with Crippen molar-refractivity contribution in [1.82, 2.24) is 15.2 Å². The van der Waals surface area contributed by atoms with Gasteiger partial charge in [-0.15, -0.1) is 11.3 Å². The smallest absolute Gasteiger partial charge is 0.325 e. The van der Waals surface area contributed by atoms with Crippen LogP contribution in [0.15, 0.2) is 21.9 Å². The Morgan fingerprint density at radius 1 is 1.48 bits per heavy atom. The molecule has 1 aliphatic rings. The molecule has 1 unspecified atom stereocenters. The zero-order chi connectivity index (χ0) is 16.4. The second-order valence-electron chi connectivity index (χ2n) is 5.21. The van der Waals surface area contributed by atoms with E-state index in [9.17, 15) is 9.59 Å². The summed E-state index contributed by atoms with van der Waals surface area (Å²) in [6, 6.07) is 3.05. The lowest BCUT2D eigenvalue weighted by Crippen LogP contribution is -2.31. The summed E-state index contributed by atoms with van der Waals surface area (Å²) >= 11 is 3.19. The molecular formula is C15H17N3O3S2. The molecule has 23 heavy (non-hydrogen) atoms. The Labute approximate surface area is 142 Å². The van der Waals surface area contributed by atoms with Crippen LogP contribution in [0, 0.1) is 6.92 Å². The van der Waals surface area contributed by atoms with Crippen LogP contribution in [0.25, 0.3) is 10.8 Å². The average molecular weight is 351 g/mol. The van der Waals surface area contributed by atoms with Crippen molar-refractivity contribution < 1.29 is 14.0 Å². The lowest BCUT2D eigenvalue weighted by atomic mass is 10.2. The van der Waals surface area contributed by atoms with Crippen molar-refractivity contribution in [3.63, 3.8) is 0 Å². The zero-order valence-corrected chi connectivity index (χ0v) is 14.5. The molecule has 3 rings (SSSR count). The molecule has 122 valence electrons. The van der Waals surface area contributed by atoms with Gasteiger partial charge in [0.15, 0.2) is 0 Å². The first-order valence-electron chi connectivity index (χ1n) is 7.21. The van der Waals surface area contributed by atoms with Crippen LogP contribution in [-0.4, -0.2) is 39.9 Å². The molecule has 1 fully saturated rings. The molecule has 1 aliphatic heterocycles. The Morgan fingerprint density at radius 3 is 3.00 bits per heavy atom. The van der Waals surface area contributed by atoms with Crippen molar-refractivity contribution in [1.29, 1.82) is 0 Å². The third-order valence-corrected chi connectivity index (χ3v) is 5.15. The van der Waals surface area contributed by atoms with E-state index in [1.807, 2.05) is 23.8 Å². The van der Waals surface area contributed by atoms with E-state index in [4.69, 9.17) is 4.42 Å². The largest absolute Gasteiger partial charge is 0.440 e. The highest BCUT2D eigenvalue weighted by atomic mass is 32.2. The Balaban J connectivity index is 1.74. The van der Waals surface area contributed by atoms with Gasteiger partial charge in [0.2, 0.25) is 5.89 Å². The molecule has 0 bridgehead atoms. The molecule has 3 amide bonds. The molecule has 2 aromatic rings. The van der Waals surface area contributed by atoms with Crippen molar-refractivity contribution in [2.45, 2.75) is 25.9 Å². The predicted molar refractivity (Wildman–Crippen MR) is 90.4 cm³/mol. The van der Waals surface area contributed by atoms with Gasteiger partial charge in [0, 0.05) is 0 Å². The number of nitrogens with zero attached hydrogens (tertiary/aromatic N) is 2. The van der Waals surface area contributed by atoms with Gasteiger partial charge in [-0.1, -0.05) is 6.07 Å². The summed E-state index contributed by atoms with van der Waals surface area (Å²) in [4.78, 5) is 31.0. The molecule has 3 heterocycles. The van der Waals surface area contributed by atoms with E-state index in [-0.39, 0.29) is 18.5 Å². The number of nitrogens with one attached hydrogen (secondary N) is 1. The van der Waals surface area contributed by atoms with E-state index in [0.29, 0.717) is 23.8 Å². The normalized spacial score (nSPS) is 17.8. The highest BCUT2D eigenvalue weighted by molar-refractivity contribution is 7.98. The van der Waals surface area contributed by atoms with Crippen LogP contribution in [0.5, 0.6) is 0 Å². The Bertz CT molecular complexity index is 712. The quantitative estimate of drug-likeness (QED) is 0.810. The monoisotopic (exact) mass is 351 g/mol. The number of oxazole rings is 1. The maximum absolute atomic E-state index is 12.3. The minimum Gasteiger partial charge on any atom is -0.440 e. The minimum absolute atomic E-state index is 0.140. The molecular weight excluding hydrogens is 334 g/mol. The highest BCUT2D eigenvalue weighted by Gasteiger charge is 2.38. The number of carbonyl (C=O) groups excluding carboxylic acids is 2. The maximum Gasteiger partial charge on any atom is 0.325 e. The average Bonchev–Trinajstić information content (AvgIpc) is 3.22. The number of amides is 3. The van der Waals surface area contributed by atoms with Crippen molar-refractivity contribution in [2.24, 2.45) is 0 Å². The van der Waals surface area contributed by atoms with E-state index in [2.05, 4.69) is 10.3 Å². The lowest BCUT2D eigenvalue weighted by Gasteiger charge is -2.11. The van der Waals surface area contributed by atoms with E-state index >= 15 is 0 Å². The molecule has 2 aromatic heterocycles. The van der Waals surface area contributed by atoms with Crippen molar-refractivity contribution in [3.05, 3.63) is 29.0 Å². The molecule has 1 atom stereocenters. The van der Waals surface area contributed by atoms with Crippen LogP contribution in [0.3, 0.4) is 0 Å². The van der Waals surface area contributed by atoms with Crippen molar-refractivity contribution >= 4 is 35.0 Å². The van der Waals surface area contributed by atoms with Gasteiger partial charge in [0.05, 0.1) is 11.4 Å². The predicted octanol–water partition coefficient (Wildman–Crippen LogP) is 2.89. The van der Waals surface area contributed by atoms with Gasteiger partial charge in [0.1, 0.15) is 17.5 Å². The van der Waals surface area contributed by atoms with Crippen LogP contribution < -0.4 is 5.32 Å². The summed E-state index contributed by atoms with van der Waals surface area (Å²) in [6.45, 7) is 1.93. The number of aryl methyl sites for hydroxylation is 1. The highest BCUT2D eigenvalue weighted by Crippen LogP contribution is 2.27. The molecule has 0 spiro atoms. The van der Waals surface area contributed by atoms with Gasteiger partial charge in [-0.3, -0.25) is 9.69 Å². The van der Waals surface area contributed by atoms with E-state index in [1.165, 1.54) is 16.2 Å². The lowest BCUT2D eigenvalue weighted by molar-refractivity contribution is -0.127. The second kappa shape index (κ2) is 6.76. The number of carbonyl (C=O) groups is 2. The summed E-state index contributed by atoms with van der Waals surface area (Å²) in [5, 5.41) is 4.68. The topological polar surface area (TPSA) is 75.4 Å². The summed E-state index contributed by atoms with van der Waals surface area (Å²) in [7, 11) is 0. The number of imide groups is 1. The maximum atomic E-state index is 12.3. The van der Waals surface area contributed by atoms with E-state index < -0.39 is 6.04 Å². The summed E-state index contributed by atoms with van der Waals surface area (Å²) in [5.74, 6) is 1.79.